The molecule has 0 aliphatic heterocycles. The Morgan fingerprint density at radius 1 is 1.12 bits per heavy atom. The lowest BCUT2D eigenvalue weighted by Gasteiger charge is -2.19. The fraction of sp³-hybridized carbons (Fsp3) is 0.211. The molecule has 0 aliphatic rings. The number of hydrogen-bond donors (Lipinski definition) is 3. The molecule has 1 aromatic heterocycles. The van der Waals surface area contributed by atoms with Gasteiger partial charge in [-0.1, -0.05) is 42.5 Å². The van der Waals surface area contributed by atoms with Gasteiger partial charge in [-0.15, -0.1) is 0 Å². The van der Waals surface area contributed by atoms with Gasteiger partial charge in [0.1, 0.15) is 6.04 Å². The fourth-order valence-electron chi connectivity index (χ4n) is 2.30. The molecule has 0 bridgehead atoms. The van der Waals surface area contributed by atoms with Gasteiger partial charge in [0.2, 0.25) is 5.91 Å². The van der Waals surface area contributed by atoms with Crippen LogP contribution in [0.3, 0.4) is 0 Å². The van der Waals surface area contributed by atoms with Gasteiger partial charge in [0.15, 0.2) is 0 Å². The van der Waals surface area contributed by atoms with Crippen LogP contribution in [-0.4, -0.2) is 34.2 Å². The van der Waals surface area contributed by atoms with E-state index in [1.165, 1.54) is 0 Å². The molecule has 3 N–H and O–H groups in total. The normalized spacial score (nSPS) is 13.2. The Bertz CT molecular complexity index is 717. The Hall–Kier alpha value is -3.15. The van der Waals surface area contributed by atoms with Crippen molar-refractivity contribution in [2.24, 2.45) is 0 Å². The third kappa shape index (κ3) is 6.47. The minimum absolute atomic E-state index is 0.261. The average molecular weight is 339 g/mol. The number of carboxylic acid groups (broad SMARTS) is 1. The number of pyridine rings is 1. The smallest absolute Gasteiger partial charge is 0.405 e. The molecule has 2 aromatic rings. The van der Waals surface area contributed by atoms with E-state index < -0.39 is 12.1 Å². The summed E-state index contributed by atoms with van der Waals surface area (Å²) >= 11 is 0. The van der Waals surface area contributed by atoms with Crippen molar-refractivity contribution in [3.8, 4) is 0 Å². The number of hydrogen-bond acceptors (Lipinski definition) is 3. The van der Waals surface area contributed by atoms with Gasteiger partial charge in [-0.25, -0.2) is 4.79 Å². The van der Waals surface area contributed by atoms with Gasteiger partial charge in [0.25, 0.3) is 0 Å². The SMILES string of the molecule is C[C@@H](/C=C/c1ccccn1)NC(=O)[C@H](Cc1ccccc1)NC(=O)O. The Kier molecular flexibility index (Phi) is 6.71. The summed E-state index contributed by atoms with van der Waals surface area (Å²) in [5.74, 6) is -0.371. The van der Waals surface area contributed by atoms with E-state index in [1.54, 1.807) is 12.3 Å². The number of nitrogens with one attached hydrogen (secondary N) is 2. The summed E-state index contributed by atoms with van der Waals surface area (Å²) < 4.78 is 0. The molecule has 25 heavy (non-hydrogen) atoms. The van der Waals surface area contributed by atoms with E-state index in [9.17, 15) is 9.59 Å². The van der Waals surface area contributed by atoms with Crippen molar-refractivity contribution in [3.05, 3.63) is 72.1 Å². The molecule has 130 valence electrons. The first-order valence-corrected chi connectivity index (χ1v) is 7.97. The molecule has 0 spiro atoms. The second kappa shape index (κ2) is 9.22. The Labute approximate surface area is 146 Å². The molecule has 0 saturated heterocycles. The average Bonchev–Trinajstić information content (AvgIpc) is 2.61. The summed E-state index contributed by atoms with van der Waals surface area (Å²) in [7, 11) is 0. The molecule has 2 atom stereocenters. The van der Waals surface area contributed by atoms with Gasteiger partial charge in [-0.05, 0) is 30.7 Å². The summed E-state index contributed by atoms with van der Waals surface area (Å²) in [6.07, 6.45) is 4.36. The topological polar surface area (TPSA) is 91.3 Å². The van der Waals surface area contributed by atoms with Gasteiger partial charge < -0.3 is 15.7 Å². The maximum Gasteiger partial charge on any atom is 0.405 e. The summed E-state index contributed by atoms with van der Waals surface area (Å²) in [6.45, 7) is 1.82. The maximum atomic E-state index is 12.4. The van der Waals surface area contributed by atoms with E-state index in [-0.39, 0.29) is 18.4 Å². The Balaban J connectivity index is 1.98. The molecule has 2 amide bonds. The first-order chi connectivity index (χ1) is 12.0. The number of benzene rings is 1. The highest BCUT2D eigenvalue weighted by atomic mass is 16.4. The standard InChI is InChI=1S/C19H21N3O3/c1-14(10-11-16-9-5-6-12-20-16)21-18(23)17(22-19(24)25)13-15-7-3-2-4-8-15/h2-12,14,17,22H,13H2,1H3,(H,21,23)(H,24,25)/b11-10+/t14-,17-/m0/s1. The Morgan fingerprint density at radius 3 is 2.48 bits per heavy atom. The highest BCUT2D eigenvalue weighted by Gasteiger charge is 2.21. The molecular weight excluding hydrogens is 318 g/mol. The van der Waals surface area contributed by atoms with Crippen LogP contribution in [0.5, 0.6) is 0 Å². The van der Waals surface area contributed by atoms with Gasteiger partial charge in [-0.2, -0.15) is 0 Å². The molecule has 1 aromatic carbocycles. The van der Waals surface area contributed by atoms with Crippen molar-refractivity contribution < 1.29 is 14.7 Å². The van der Waals surface area contributed by atoms with E-state index in [0.29, 0.717) is 0 Å². The number of amides is 2. The zero-order valence-corrected chi connectivity index (χ0v) is 13.9. The lowest BCUT2D eigenvalue weighted by Crippen LogP contribution is -2.49. The summed E-state index contributed by atoms with van der Waals surface area (Å²) in [5.41, 5.74) is 1.67. The quantitative estimate of drug-likeness (QED) is 0.723. The molecule has 0 fully saturated rings. The van der Waals surface area contributed by atoms with Crippen LogP contribution in [0.4, 0.5) is 4.79 Å². The largest absolute Gasteiger partial charge is 0.465 e. The Morgan fingerprint density at radius 2 is 1.84 bits per heavy atom. The van der Waals surface area contributed by atoms with E-state index in [4.69, 9.17) is 5.11 Å². The third-order valence-electron chi connectivity index (χ3n) is 3.51. The maximum absolute atomic E-state index is 12.4. The van der Waals surface area contributed by atoms with Crippen molar-refractivity contribution in [2.75, 3.05) is 0 Å². The summed E-state index contributed by atoms with van der Waals surface area (Å²) in [5, 5.41) is 14.1. The van der Waals surface area contributed by atoms with Crippen LogP contribution in [0.2, 0.25) is 0 Å². The number of carbonyl (C=O) groups excluding carboxylic acids is 1. The number of nitrogens with zero attached hydrogens (tertiary/aromatic N) is 1. The highest BCUT2D eigenvalue weighted by Crippen LogP contribution is 2.05. The van der Waals surface area contributed by atoms with Crippen molar-refractivity contribution in [1.29, 1.82) is 0 Å². The molecule has 0 unspecified atom stereocenters. The van der Waals surface area contributed by atoms with Crippen molar-refractivity contribution in [2.45, 2.75) is 25.4 Å². The van der Waals surface area contributed by atoms with Crippen LogP contribution in [0, 0.1) is 0 Å². The molecule has 0 radical (unpaired) electrons. The van der Waals surface area contributed by atoms with Crippen molar-refractivity contribution in [1.82, 2.24) is 15.6 Å². The minimum Gasteiger partial charge on any atom is -0.465 e. The van der Waals surface area contributed by atoms with Crippen LogP contribution in [0.25, 0.3) is 6.08 Å². The molecule has 2 rings (SSSR count). The summed E-state index contributed by atoms with van der Waals surface area (Å²) in [4.78, 5) is 27.6. The van der Waals surface area contributed by atoms with E-state index >= 15 is 0 Å². The van der Waals surface area contributed by atoms with Crippen LogP contribution < -0.4 is 10.6 Å². The summed E-state index contributed by atoms with van der Waals surface area (Å²) in [6, 6.07) is 13.7. The van der Waals surface area contributed by atoms with Crippen LogP contribution >= 0.6 is 0 Å². The fourth-order valence-corrected chi connectivity index (χ4v) is 2.30. The first-order valence-electron chi connectivity index (χ1n) is 7.97. The highest BCUT2D eigenvalue weighted by molar-refractivity contribution is 5.86. The lowest BCUT2D eigenvalue weighted by atomic mass is 10.1. The number of rotatable bonds is 7. The van der Waals surface area contributed by atoms with Crippen molar-refractivity contribution >= 4 is 18.1 Å². The van der Waals surface area contributed by atoms with Crippen LogP contribution in [-0.2, 0) is 11.2 Å². The number of aromatic nitrogens is 1. The second-order valence-electron chi connectivity index (χ2n) is 5.60. The lowest BCUT2D eigenvalue weighted by molar-refractivity contribution is -0.123. The molecule has 0 saturated carbocycles. The monoisotopic (exact) mass is 339 g/mol. The van der Waals surface area contributed by atoms with Gasteiger partial charge in [0.05, 0.1) is 5.69 Å². The zero-order chi connectivity index (χ0) is 18.1. The van der Waals surface area contributed by atoms with Gasteiger partial charge in [-0.3, -0.25) is 9.78 Å². The van der Waals surface area contributed by atoms with Gasteiger partial charge >= 0.3 is 6.09 Å². The number of carbonyl (C=O) groups is 2. The van der Waals surface area contributed by atoms with Gasteiger partial charge in [0, 0.05) is 18.7 Å². The predicted octanol–water partition coefficient (Wildman–Crippen LogP) is 2.48. The van der Waals surface area contributed by atoms with E-state index in [1.807, 2.05) is 61.5 Å². The van der Waals surface area contributed by atoms with Crippen LogP contribution in [0.1, 0.15) is 18.2 Å². The molecular formula is C19H21N3O3. The molecule has 1 heterocycles. The molecule has 6 heteroatoms. The van der Waals surface area contributed by atoms with Crippen LogP contribution in [0.15, 0.2) is 60.8 Å². The minimum atomic E-state index is -1.23. The van der Waals surface area contributed by atoms with Crippen molar-refractivity contribution in [3.63, 3.8) is 0 Å². The molecule has 0 aliphatic carbocycles. The first kappa shape index (κ1) is 18.2. The molecule has 6 nitrogen and oxygen atoms in total. The van der Waals surface area contributed by atoms with E-state index in [0.717, 1.165) is 11.3 Å². The second-order valence-corrected chi connectivity index (χ2v) is 5.60. The predicted molar refractivity (Wildman–Crippen MR) is 96.0 cm³/mol. The third-order valence-corrected chi connectivity index (χ3v) is 3.51. The zero-order valence-electron chi connectivity index (χ0n) is 13.9. The van der Waals surface area contributed by atoms with E-state index in [2.05, 4.69) is 15.6 Å².